The lowest BCUT2D eigenvalue weighted by atomic mass is 9.72. The van der Waals surface area contributed by atoms with Crippen LogP contribution in [0.2, 0.25) is 0 Å². The van der Waals surface area contributed by atoms with Crippen LogP contribution in [0.5, 0.6) is 0 Å². The number of rotatable bonds is 7. The largest absolute Gasteiger partial charge is 0.469 e. The van der Waals surface area contributed by atoms with Crippen LogP contribution in [0.4, 0.5) is 0 Å². The number of allylic oxidation sites excluding steroid dienone is 1. The highest BCUT2D eigenvalue weighted by molar-refractivity contribution is 6.03. The van der Waals surface area contributed by atoms with E-state index >= 15 is 0 Å². The topological polar surface area (TPSA) is 59.0 Å². The maximum absolute atomic E-state index is 13.6. The van der Waals surface area contributed by atoms with E-state index in [2.05, 4.69) is 43.3 Å². The van der Waals surface area contributed by atoms with Crippen LogP contribution < -0.4 is 0 Å². The molecule has 0 radical (unpaired) electrons. The fourth-order valence-electron chi connectivity index (χ4n) is 8.15. The molecule has 2 fully saturated rings. The van der Waals surface area contributed by atoms with Gasteiger partial charge in [-0.25, -0.2) is 0 Å². The van der Waals surface area contributed by atoms with Crippen molar-refractivity contribution in [1.82, 2.24) is 4.90 Å². The molecule has 5 nitrogen and oxygen atoms in total. The Morgan fingerprint density at radius 3 is 2.40 bits per heavy atom. The van der Waals surface area contributed by atoms with E-state index in [1.54, 1.807) is 11.1 Å². The van der Waals surface area contributed by atoms with Gasteiger partial charge >= 0.3 is 5.97 Å². The fourth-order valence-corrected chi connectivity index (χ4v) is 8.15. The first-order valence-corrected chi connectivity index (χ1v) is 16.1. The molecule has 1 saturated heterocycles. The summed E-state index contributed by atoms with van der Waals surface area (Å²) < 4.78 is 4.88. The Bertz CT molecular complexity index is 1410. The number of aliphatic imine (C=N–C) groups is 1. The maximum atomic E-state index is 13.6. The van der Waals surface area contributed by atoms with Crippen LogP contribution in [0.25, 0.3) is 16.7 Å². The second-order valence-corrected chi connectivity index (χ2v) is 13.7. The highest BCUT2D eigenvalue weighted by Gasteiger charge is 2.40. The number of aryl methyl sites for hydroxylation is 1. The molecule has 2 aliphatic heterocycles. The highest BCUT2D eigenvalue weighted by Crippen LogP contribution is 2.50. The van der Waals surface area contributed by atoms with E-state index < -0.39 is 0 Å². The average Bonchev–Trinajstić information content (AvgIpc) is 3.75. The summed E-state index contributed by atoms with van der Waals surface area (Å²) >= 11 is 0. The minimum Gasteiger partial charge on any atom is -0.469 e. The van der Waals surface area contributed by atoms with E-state index in [1.165, 1.54) is 79.9 Å². The van der Waals surface area contributed by atoms with Crippen LogP contribution in [0.15, 0.2) is 47.6 Å². The summed E-state index contributed by atoms with van der Waals surface area (Å²) in [6.45, 7) is 7.02. The van der Waals surface area contributed by atoms with Gasteiger partial charge in [0.25, 0.3) is 0 Å². The smallest absolute Gasteiger partial charge is 0.306 e. The van der Waals surface area contributed by atoms with Crippen molar-refractivity contribution in [2.45, 2.75) is 97.4 Å². The molecule has 4 aliphatic rings. The van der Waals surface area contributed by atoms with Crippen LogP contribution in [-0.2, 0) is 27.2 Å². The summed E-state index contributed by atoms with van der Waals surface area (Å²) in [6, 6.07) is 13.8. The molecule has 1 saturated carbocycles. The van der Waals surface area contributed by atoms with Crippen LogP contribution in [0.1, 0.15) is 93.9 Å². The number of carbonyl (C=O) groups excluding carboxylic acids is 2. The minimum atomic E-state index is -0.365. The van der Waals surface area contributed by atoms with Gasteiger partial charge in [0.2, 0.25) is 5.91 Å². The summed E-state index contributed by atoms with van der Waals surface area (Å²) in [6.07, 6.45) is 14.2. The van der Waals surface area contributed by atoms with Gasteiger partial charge in [0.1, 0.15) is 0 Å². The monoisotopic (exact) mass is 566 g/mol. The van der Waals surface area contributed by atoms with Gasteiger partial charge in [0.15, 0.2) is 0 Å². The zero-order chi connectivity index (χ0) is 29.4. The number of amides is 1. The molecule has 0 bridgehead atoms. The van der Waals surface area contributed by atoms with Crippen molar-refractivity contribution >= 4 is 23.2 Å². The third-order valence-electron chi connectivity index (χ3n) is 10.7. The maximum Gasteiger partial charge on any atom is 0.306 e. The predicted molar refractivity (Wildman–Crippen MR) is 169 cm³/mol. The predicted octanol–water partition coefficient (Wildman–Crippen LogP) is 7.72. The molecule has 6 rings (SSSR count). The van der Waals surface area contributed by atoms with E-state index in [0.717, 1.165) is 31.5 Å². The van der Waals surface area contributed by atoms with Crippen LogP contribution in [0, 0.1) is 24.2 Å². The zero-order valence-corrected chi connectivity index (χ0v) is 25.9. The number of ether oxygens (including phenoxy) is 1. The first-order chi connectivity index (χ1) is 20.3. The number of hydrogen-bond acceptors (Lipinski definition) is 4. The summed E-state index contributed by atoms with van der Waals surface area (Å²) in [5, 5.41) is 0. The molecule has 5 heteroatoms. The molecule has 42 heavy (non-hydrogen) atoms. The fraction of sp³-hybridized carbons (Fsp3) is 0.541. The van der Waals surface area contributed by atoms with Gasteiger partial charge in [-0.3, -0.25) is 14.6 Å². The van der Waals surface area contributed by atoms with Gasteiger partial charge in [-0.15, -0.1) is 0 Å². The van der Waals surface area contributed by atoms with Gasteiger partial charge in [0, 0.05) is 24.9 Å². The van der Waals surface area contributed by atoms with Gasteiger partial charge in [0.05, 0.1) is 25.5 Å². The molecule has 2 atom stereocenters. The highest BCUT2D eigenvalue weighted by atomic mass is 16.5. The minimum absolute atomic E-state index is 0.00618. The molecule has 2 aromatic carbocycles. The first kappa shape index (κ1) is 28.9. The molecular formula is C37H46N2O3. The van der Waals surface area contributed by atoms with Crippen molar-refractivity contribution in [1.29, 1.82) is 0 Å². The molecular weight excluding hydrogens is 520 g/mol. The van der Waals surface area contributed by atoms with Crippen molar-refractivity contribution in [2.75, 3.05) is 13.7 Å². The van der Waals surface area contributed by atoms with Crippen molar-refractivity contribution in [2.24, 2.45) is 22.2 Å². The van der Waals surface area contributed by atoms with Crippen molar-refractivity contribution in [3.8, 4) is 11.1 Å². The summed E-state index contributed by atoms with van der Waals surface area (Å²) in [4.78, 5) is 32.4. The van der Waals surface area contributed by atoms with E-state index in [9.17, 15) is 9.59 Å². The van der Waals surface area contributed by atoms with E-state index in [4.69, 9.17) is 9.73 Å². The van der Waals surface area contributed by atoms with Crippen LogP contribution in [-0.4, -0.2) is 42.2 Å². The lowest BCUT2D eigenvalue weighted by Crippen LogP contribution is -2.45. The molecule has 1 spiro atoms. The molecule has 222 valence electrons. The molecule has 0 aromatic heterocycles. The molecule has 2 aliphatic carbocycles. The van der Waals surface area contributed by atoms with Crippen molar-refractivity contribution in [3.05, 3.63) is 64.9 Å². The number of benzene rings is 2. The third kappa shape index (κ3) is 5.47. The van der Waals surface area contributed by atoms with E-state index in [0.29, 0.717) is 5.41 Å². The van der Waals surface area contributed by atoms with Crippen LogP contribution >= 0.6 is 0 Å². The molecule has 0 unspecified atom stereocenters. The Hall–Kier alpha value is -3.21. The summed E-state index contributed by atoms with van der Waals surface area (Å²) in [7, 11) is 1.38. The number of esters is 1. The Kier molecular flexibility index (Phi) is 8.13. The molecule has 2 heterocycles. The van der Waals surface area contributed by atoms with Gasteiger partial charge in [-0.1, -0.05) is 69.5 Å². The lowest BCUT2D eigenvalue weighted by molar-refractivity contribution is -0.148. The second-order valence-electron chi connectivity index (χ2n) is 13.7. The van der Waals surface area contributed by atoms with Gasteiger partial charge in [-0.05, 0) is 95.7 Å². The summed E-state index contributed by atoms with van der Waals surface area (Å²) in [5.41, 5.74) is 11.3. The quantitative estimate of drug-likeness (QED) is 0.322. The lowest BCUT2D eigenvalue weighted by Gasteiger charge is -2.33. The summed E-state index contributed by atoms with van der Waals surface area (Å²) in [5.74, 6) is -0.568. The van der Waals surface area contributed by atoms with Gasteiger partial charge in [-0.2, -0.15) is 0 Å². The zero-order valence-electron chi connectivity index (χ0n) is 25.9. The number of nitrogens with zero attached hydrogens (tertiary/aromatic N) is 2. The second kappa shape index (κ2) is 11.8. The Morgan fingerprint density at radius 1 is 0.976 bits per heavy atom. The van der Waals surface area contributed by atoms with Gasteiger partial charge < -0.3 is 9.64 Å². The molecule has 0 N–H and O–H groups in total. The first-order valence-electron chi connectivity index (χ1n) is 16.1. The number of fused-ring (bicyclic) bond motifs is 1. The number of carbonyl (C=O) groups is 2. The number of likely N-dealkylation sites (tertiary alicyclic amines) is 1. The molecule has 1 amide bonds. The van der Waals surface area contributed by atoms with E-state index in [1.807, 2.05) is 24.9 Å². The average molecular weight is 567 g/mol. The molecule has 2 aromatic rings. The van der Waals surface area contributed by atoms with E-state index in [-0.39, 0.29) is 36.2 Å². The van der Waals surface area contributed by atoms with Crippen molar-refractivity contribution < 1.29 is 14.3 Å². The Balaban J connectivity index is 1.15. The third-order valence-corrected chi connectivity index (χ3v) is 10.7. The standard InChI is InChI=1S/C37H46N2O3/c1-24(2)30(20-35(40)42-4)36(41)39-18-8-9-34(39)33-19-28(23-38-33)26-11-13-27(14-12-26)29-15-10-25(3)31-21-37(22-32(29)31)16-6-5-7-17-37/h10-15,23-24,30,34H,5-9,16-22H2,1-4H3/t30-,34-/m0/s1. The number of hydrogen-bond donors (Lipinski definition) is 0. The SMILES string of the molecule is COC(=O)C[C@H](C(=O)N1CCC[C@H]1C1=NC=C(c2ccc(-c3ccc(C)c4c3CC3(CCCCC3)C4)cc2)C1)C(C)C. The van der Waals surface area contributed by atoms with Crippen molar-refractivity contribution in [3.63, 3.8) is 0 Å². The number of methoxy groups -OCH3 is 1. The Labute approximate surface area is 251 Å². The van der Waals surface area contributed by atoms with Crippen LogP contribution in [0.3, 0.4) is 0 Å². The Morgan fingerprint density at radius 2 is 1.69 bits per heavy atom. The normalized spacial score (nSPS) is 21.8.